The summed E-state index contributed by atoms with van der Waals surface area (Å²) in [7, 11) is 0. The van der Waals surface area contributed by atoms with Crippen LogP contribution in [0.2, 0.25) is 0 Å². The number of hydrogen-bond donors (Lipinski definition) is 2. The third-order valence-electron chi connectivity index (χ3n) is 3.22. The Morgan fingerprint density at radius 1 is 1.35 bits per heavy atom. The number of fused-ring (bicyclic) bond motifs is 1. The molecule has 0 aliphatic heterocycles. The van der Waals surface area contributed by atoms with Crippen molar-refractivity contribution in [1.82, 2.24) is 4.98 Å². The van der Waals surface area contributed by atoms with Gasteiger partial charge in [-0.3, -0.25) is 4.79 Å². The first-order valence-corrected chi connectivity index (χ1v) is 8.10. The summed E-state index contributed by atoms with van der Waals surface area (Å²) in [5.74, 6) is -0.503. The molecule has 0 amide bonds. The average Bonchev–Trinajstić information content (AvgIpc) is 3.13. The van der Waals surface area contributed by atoms with Crippen molar-refractivity contribution in [3.63, 3.8) is 0 Å². The molecular weight excluding hydrogens is 347 g/mol. The zero-order chi connectivity index (χ0) is 16.8. The number of nitrogens with zero attached hydrogens (tertiary/aromatic N) is 1. The Morgan fingerprint density at radius 2 is 2.09 bits per heavy atom. The predicted molar refractivity (Wildman–Crippen MR) is 85.7 cm³/mol. The van der Waals surface area contributed by atoms with Gasteiger partial charge in [0.05, 0.1) is 33.2 Å². The van der Waals surface area contributed by atoms with Crippen molar-refractivity contribution in [2.45, 2.75) is 6.18 Å². The van der Waals surface area contributed by atoms with E-state index in [1.165, 1.54) is 11.3 Å². The fourth-order valence-corrected chi connectivity index (χ4v) is 3.95. The van der Waals surface area contributed by atoms with Gasteiger partial charge in [0.25, 0.3) is 0 Å². The van der Waals surface area contributed by atoms with Crippen molar-refractivity contribution in [3.8, 4) is 10.6 Å². The van der Waals surface area contributed by atoms with E-state index in [0.29, 0.717) is 4.88 Å². The molecule has 23 heavy (non-hydrogen) atoms. The third-order valence-corrected chi connectivity index (χ3v) is 5.25. The number of hydrogen-bond acceptors (Lipinski definition) is 6. The minimum Gasteiger partial charge on any atom is -0.397 e. The molecule has 0 bridgehead atoms. The van der Waals surface area contributed by atoms with Crippen LogP contribution in [0.3, 0.4) is 0 Å². The number of rotatable bonds is 3. The van der Waals surface area contributed by atoms with Gasteiger partial charge in [0.15, 0.2) is 5.78 Å². The van der Waals surface area contributed by atoms with Gasteiger partial charge in [0.2, 0.25) is 0 Å². The highest BCUT2D eigenvalue weighted by Gasteiger charge is 2.36. The summed E-state index contributed by atoms with van der Waals surface area (Å²) >= 11 is 2.12. The number of nitrogen functional groups attached to an aromatic ring is 1. The Labute approximate surface area is 136 Å². The van der Waals surface area contributed by atoms with Gasteiger partial charge in [-0.25, -0.2) is 4.98 Å². The lowest BCUT2D eigenvalue weighted by molar-refractivity contribution is -0.136. The normalized spacial score (nSPS) is 12.0. The van der Waals surface area contributed by atoms with Crippen LogP contribution in [-0.4, -0.2) is 17.3 Å². The summed E-state index contributed by atoms with van der Waals surface area (Å²) in [6.07, 6.45) is -4.61. The molecule has 0 aromatic carbocycles. The Bertz CT molecular complexity index is 885. The summed E-state index contributed by atoms with van der Waals surface area (Å²) in [6.45, 7) is -0.323. The van der Waals surface area contributed by atoms with E-state index in [9.17, 15) is 18.0 Å². The van der Waals surface area contributed by atoms with Crippen LogP contribution in [0.15, 0.2) is 23.6 Å². The van der Waals surface area contributed by atoms with Gasteiger partial charge in [-0.15, -0.1) is 22.7 Å². The molecule has 0 atom stereocenters. The summed E-state index contributed by atoms with van der Waals surface area (Å²) < 4.78 is 40.3. The molecule has 9 heteroatoms. The van der Waals surface area contributed by atoms with E-state index in [0.717, 1.165) is 17.4 Å². The average molecular weight is 357 g/mol. The second kappa shape index (κ2) is 5.59. The lowest BCUT2D eigenvalue weighted by atomic mass is 10.1. The van der Waals surface area contributed by atoms with Gasteiger partial charge in [0.1, 0.15) is 4.83 Å². The first-order valence-electron chi connectivity index (χ1n) is 6.40. The molecule has 3 heterocycles. The third kappa shape index (κ3) is 2.71. The first-order chi connectivity index (χ1) is 10.8. The van der Waals surface area contributed by atoms with Crippen molar-refractivity contribution in [2.75, 3.05) is 12.3 Å². The van der Waals surface area contributed by atoms with E-state index in [1.807, 2.05) is 0 Å². The monoisotopic (exact) mass is 357 g/mol. The molecule has 0 aliphatic carbocycles. The van der Waals surface area contributed by atoms with Crippen LogP contribution in [0.4, 0.5) is 18.9 Å². The van der Waals surface area contributed by atoms with Gasteiger partial charge in [-0.05, 0) is 17.5 Å². The minimum atomic E-state index is -4.61. The molecule has 0 saturated heterocycles. The fraction of sp³-hybridized carbons (Fsp3) is 0.143. The maximum Gasteiger partial charge on any atom is 0.417 e. The number of alkyl halides is 3. The van der Waals surface area contributed by atoms with Crippen molar-refractivity contribution < 1.29 is 18.0 Å². The van der Waals surface area contributed by atoms with E-state index < -0.39 is 17.5 Å². The van der Waals surface area contributed by atoms with Crippen molar-refractivity contribution in [3.05, 3.63) is 34.0 Å². The molecule has 3 aromatic rings. The van der Waals surface area contributed by atoms with E-state index >= 15 is 0 Å². The van der Waals surface area contributed by atoms with Gasteiger partial charge < -0.3 is 11.5 Å². The summed E-state index contributed by atoms with van der Waals surface area (Å²) in [5.41, 5.74) is 10.2. The van der Waals surface area contributed by atoms with Gasteiger partial charge >= 0.3 is 6.18 Å². The number of pyridine rings is 1. The zero-order valence-corrected chi connectivity index (χ0v) is 13.1. The highest BCUT2D eigenvalue weighted by Crippen LogP contribution is 2.43. The number of anilines is 1. The largest absolute Gasteiger partial charge is 0.417 e. The number of nitrogens with two attached hydrogens (primary N) is 2. The minimum absolute atomic E-state index is 0.0174. The Morgan fingerprint density at radius 3 is 2.65 bits per heavy atom. The molecule has 0 saturated carbocycles. The summed E-state index contributed by atoms with van der Waals surface area (Å²) in [4.78, 5) is 16.7. The number of carbonyl (C=O) groups excluding carboxylic acids is 1. The maximum atomic E-state index is 13.4. The van der Waals surface area contributed by atoms with Crippen LogP contribution < -0.4 is 11.5 Å². The van der Waals surface area contributed by atoms with Crippen LogP contribution >= 0.6 is 22.7 Å². The molecule has 120 valence electrons. The number of Topliss-reactive ketones (excluding diaryl/α,β-unsaturated/α-hetero) is 1. The molecule has 3 rings (SSSR count). The lowest BCUT2D eigenvalue weighted by Crippen LogP contribution is -2.13. The number of aromatic nitrogens is 1. The van der Waals surface area contributed by atoms with Gasteiger partial charge in [-0.1, -0.05) is 6.07 Å². The topological polar surface area (TPSA) is 82.0 Å². The molecular formula is C14H10F3N3OS2. The number of ketones is 1. The maximum absolute atomic E-state index is 13.4. The number of carbonyl (C=O) groups is 1. The molecule has 3 aromatic heterocycles. The van der Waals surface area contributed by atoms with Crippen LogP contribution in [0, 0.1) is 0 Å². The lowest BCUT2D eigenvalue weighted by Gasteiger charge is -2.10. The Hall–Kier alpha value is -1.97. The molecule has 0 spiro atoms. The number of thiophene rings is 2. The summed E-state index contributed by atoms with van der Waals surface area (Å²) in [6, 6.07) is 4.38. The zero-order valence-electron chi connectivity index (χ0n) is 11.5. The SMILES string of the molecule is NCC(=O)c1sc2nc(-c3cccs3)cc(C(F)(F)F)c2c1N. The molecule has 0 fully saturated rings. The molecule has 4 N–H and O–H groups in total. The Kier molecular flexibility index (Phi) is 3.86. The number of halogens is 3. The summed E-state index contributed by atoms with van der Waals surface area (Å²) in [5, 5.41) is 1.51. The molecule has 0 radical (unpaired) electrons. The highest BCUT2D eigenvalue weighted by atomic mass is 32.1. The van der Waals surface area contributed by atoms with Crippen LogP contribution in [0.25, 0.3) is 20.8 Å². The van der Waals surface area contributed by atoms with Crippen LogP contribution in [0.1, 0.15) is 15.2 Å². The van der Waals surface area contributed by atoms with Crippen molar-refractivity contribution in [1.29, 1.82) is 0 Å². The van der Waals surface area contributed by atoms with Gasteiger partial charge in [0, 0.05) is 5.39 Å². The quantitative estimate of drug-likeness (QED) is 0.699. The predicted octanol–water partition coefficient (Wildman–Crippen LogP) is 3.77. The highest BCUT2D eigenvalue weighted by molar-refractivity contribution is 7.21. The molecule has 4 nitrogen and oxygen atoms in total. The Balaban J connectivity index is 2.35. The first kappa shape index (κ1) is 15.9. The van der Waals surface area contributed by atoms with Crippen molar-refractivity contribution >= 4 is 44.4 Å². The van der Waals surface area contributed by atoms with Crippen molar-refractivity contribution in [2.24, 2.45) is 5.73 Å². The fourth-order valence-electron chi connectivity index (χ4n) is 2.19. The smallest absolute Gasteiger partial charge is 0.397 e. The standard InChI is InChI=1S/C14H10F3N3OS2/c15-14(16,17)6-4-7(9-2-1-3-22-9)20-13-10(6)11(19)12(23-13)8(21)5-18/h1-4H,5,18-19H2. The molecule has 0 unspecified atom stereocenters. The van der Waals surface area contributed by atoms with E-state index in [4.69, 9.17) is 11.5 Å². The van der Waals surface area contributed by atoms with Crippen LogP contribution in [0.5, 0.6) is 0 Å². The molecule has 0 aliphatic rings. The van der Waals surface area contributed by atoms with Gasteiger partial charge in [-0.2, -0.15) is 13.2 Å². The second-order valence-electron chi connectivity index (χ2n) is 4.68. The van der Waals surface area contributed by atoms with E-state index in [2.05, 4.69) is 4.98 Å². The second-order valence-corrected chi connectivity index (χ2v) is 6.63. The van der Waals surface area contributed by atoms with E-state index in [1.54, 1.807) is 17.5 Å². The van der Waals surface area contributed by atoms with Crippen LogP contribution in [-0.2, 0) is 6.18 Å². The van der Waals surface area contributed by atoms with E-state index in [-0.39, 0.29) is 33.0 Å².